The summed E-state index contributed by atoms with van der Waals surface area (Å²) in [6, 6.07) is 12.3. The lowest BCUT2D eigenvalue weighted by Gasteiger charge is -2.33. The molecule has 2 aromatic carbocycles. The SMILES string of the molecule is C[C@@H](OC(=O)[C@@H]1CCCN(C2=NS(=O)(=O)c3ccccc32)C1)C(=O)Nc1ccccc1F. The summed E-state index contributed by atoms with van der Waals surface area (Å²) in [6.07, 6.45) is 0.0533. The first-order valence-corrected chi connectivity index (χ1v) is 11.7. The van der Waals surface area contributed by atoms with Crippen LogP contribution < -0.4 is 5.32 Å². The van der Waals surface area contributed by atoms with Crippen LogP contribution in [0.1, 0.15) is 25.3 Å². The van der Waals surface area contributed by atoms with E-state index in [0.717, 1.165) is 0 Å². The maximum atomic E-state index is 13.7. The summed E-state index contributed by atoms with van der Waals surface area (Å²) in [5.74, 6) is -2.03. The number of anilines is 1. The predicted octanol–water partition coefficient (Wildman–Crippen LogP) is 2.56. The molecule has 1 fully saturated rings. The average Bonchev–Trinajstić information content (AvgIpc) is 3.06. The highest BCUT2D eigenvalue weighted by Gasteiger charge is 2.36. The third-order valence-corrected chi connectivity index (χ3v) is 6.79. The Balaban J connectivity index is 1.41. The third kappa shape index (κ3) is 4.36. The van der Waals surface area contributed by atoms with E-state index < -0.39 is 39.7 Å². The highest BCUT2D eigenvalue weighted by molar-refractivity contribution is 7.90. The molecule has 8 nitrogen and oxygen atoms in total. The fourth-order valence-electron chi connectivity index (χ4n) is 3.80. The van der Waals surface area contributed by atoms with Gasteiger partial charge in [-0.1, -0.05) is 24.3 Å². The molecule has 168 valence electrons. The molecule has 0 saturated carbocycles. The van der Waals surface area contributed by atoms with Crippen LogP contribution in [-0.2, 0) is 24.3 Å². The van der Waals surface area contributed by atoms with Gasteiger partial charge in [-0.2, -0.15) is 8.42 Å². The van der Waals surface area contributed by atoms with Gasteiger partial charge in [-0.15, -0.1) is 4.40 Å². The van der Waals surface area contributed by atoms with Gasteiger partial charge in [0.25, 0.3) is 15.9 Å². The number of sulfonamides is 1. The van der Waals surface area contributed by atoms with E-state index in [-0.39, 0.29) is 17.1 Å². The number of hydrogen-bond acceptors (Lipinski definition) is 6. The van der Waals surface area contributed by atoms with E-state index in [4.69, 9.17) is 4.74 Å². The zero-order chi connectivity index (χ0) is 22.9. The zero-order valence-corrected chi connectivity index (χ0v) is 18.1. The molecule has 1 amide bonds. The van der Waals surface area contributed by atoms with Crippen molar-refractivity contribution in [2.75, 3.05) is 18.4 Å². The number of nitrogens with zero attached hydrogens (tertiary/aromatic N) is 2. The minimum atomic E-state index is -3.76. The van der Waals surface area contributed by atoms with Crippen LogP contribution in [0.4, 0.5) is 10.1 Å². The largest absolute Gasteiger partial charge is 0.452 e. The molecule has 0 unspecified atom stereocenters. The third-order valence-electron chi connectivity index (χ3n) is 5.46. The summed E-state index contributed by atoms with van der Waals surface area (Å²) in [7, 11) is -3.76. The molecule has 32 heavy (non-hydrogen) atoms. The number of likely N-dealkylation sites (tertiary alicyclic amines) is 1. The number of fused-ring (bicyclic) bond motifs is 1. The van der Waals surface area contributed by atoms with E-state index in [1.54, 1.807) is 29.2 Å². The number of nitrogens with one attached hydrogen (secondary N) is 1. The van der Waals surface area contributed by atoms with Crippen LogP contribution in [0.25, 0.3) is 0 Å². The lowest BCUT2D eigenvalue weighted by atomic mass is 9.97. The maximum Gasteiger partial charge on any atom is 0.311 e. The number of amidine groups is 1. The van der Waals surface area contributed by atoms with E-state index in [2.05, 4.69) is 9.71 Å². The molecule has 2 atom stereocenters. The summed E-state index contributed by atoms with van der Waals surface area (Å²) < 4.78 is 47.7. The molecule has 2 heterocycles. The van der Waals surface area contributed by atoms with Gasteiger partial charge < -0.3 is 15.0 Å². The summed E-state index contributed by atoms with van der Waals surface area (Å²) in [5.41, 5.74) is 0.516. The van der Waals surface area contributed by atoms with Crippen molar-refractivity contribution < 1.29 is 27.1 Å². The molecule has 1 N–H and O–H groups in total. The summed E-state index contributed by atoms with van der Waals surface area (Å²) in [6.45, 7) is 2.19. The Morgan fingerprint density at radius 2 is 1.91 bits per heavy atom. The number of ether oxygens (including phenoxy) is 1. The Morgan fingerprint density at radius 1 is 1.19 bits per heavy atom. The Bertz CT molecular complexity index is 1200. The molecule has 0 spiro atoms. The number of carbonyl (C=O) groups is 2. The van der Waals surface area contributed by atoms with E-state index in [9.17, 15) is 22.4 Å². The van der Waals surface area contributed by atoms with Crippen LogP contribution in [0.5, 0.6) is 0 Å². The lowest BCUT2D eigenvalue weighted by molar-refractivity contribution is -0.158. The van der Waals surface area contributed by atoms with Gasteiger partial charge in [-0.3, -0.25) is 9.59 Å². The number of rotatable bonds is 4. The van der Waals surface area contributed by atoms with Crippen molar-refractivity contribution in [3.63, 3.8) is 0 Å². The number of amides is 1. The molecule has 4 rings (SSSR count). The van der Waals surface area contributed by atoms with Gasteiger partial charge in [0, 0.05) is 18.7 Å². The molecule has 2 aliphatic rings. The monoisotopic (exact) mass is 459 g/mol. The van der Waals surface area contributed by atoms with Crippen molar-refractivity contribution in [1.29, 1.82) is 0 Å². The van der Waals surface area contributed by atoms with Gasteiger partial charge in [0.2, 0.25) is 0 Å². The van der Waals surface area contributed by atoms with Gasteiger partial charge in [0.05, 0.1) is 11.6 Å². The Labute approximate surface area is 185 Å². The van der Waals surface area contributed by atoms with Crippen molar-refractivity contribution >= 4 is 33.4 Å². The van der Waals surface area contributed by atoms with Gasteiger partial charge in [0.1, 0.15) is 10.7 Å². The zero-order valence-electron chi connectivity index (χ0n) is 17.3. The first kappa shape index (κ1) is 21.9. The van der Waals surface area contributed by atoms with E-state index in [1.165, 1.54) is 31.2 Å². The van der Waals surface area contributed by atoms with E-state index in [1.807, 2.05) is 0 Å². The summed E-state index contributed by atoms with van der Waals surface area (Å²) >= 11 is 0. The lowest BCUT2D eigenvalue weighted by Crippen LogP contribution is -2.44. The number of para-hydroxylation sites is 1. The Hall–Kier alpha value is -3.27. The fourth-order valence-corrected chi connectivity index (χ4v) is 5.03. The first-order valence-electron chi connectivity index (χ1n) is 10.2. The number of piperidine rings is 1. The molecule has 2 aromatic rings. The van der Waals surface area contributed by atoms with E-state index >= 15 is 0 Å². The van der Waals surface area contributed by atoms with Crippen molar-refractivity contribution in [2.45, 2.75) is 30.8 Å². The van der Waals surface area contributed by atoms with Crippen LogP contribution in [0.3, 0.4) is 0 Å². The molecular weight excluding hydrogens is 437 g/mol. The number of halogens is 1. The van der Waals surface area contributed by atoms with Crippen molar-refractivity contribution in [3.05, 3.63) is 59.9 Å². The molecule has 1 saturated heterocycles. The van der Waals surface area contributed by atoms with Crippen molar-refractivity contribution in [2.24, 2.45) is 10.3 Å². The number of esters is 1. The molecule has 0 bridgehead atoms. The number of carbonyl (C=O) groups excluding carboxylic acids is 2. The van der Waals surface area contributed by atoms with Gasteiger partial charge >= 0.3 is 5.97 Å². The van der Waals surface area contributed by atoms with E-state index in [0.29, 0.717) is 30.8 Å². The predicted molar refractivity (Wildman–Crippen MR) is 115 cm³/mol. The summed E-state index contributed by atoms with van der Waals surface area (Å²) in [4.78, 5) is 26.9. The smallest absolute Gasteiger partial charge is 0.311 e. The minimum absolute atomic E-state index is 0.00311. The Kier molecular flexibility index (Phi) is 5.96. The highest BCUT2D eigenvalue weighted by atomic mass is 32.2. The molecule has 10 heteroatoms. The molecule has 0 aliphatic carbocycles. The minimum Gasteiger partial charge on any atom is -0.452 e. The highest BCUT2D eigenvalue weighted by Crippen LogP contribution is 2.30. The van der Waals surface area contributed by atoms with Crippen LogP contribution in [0.2, 0.25) is 0 Å². The quantitative estimate of drug-likeness (QED) is 0.705. The molecule has 0 aromatic heterocycles. The standard InChI is InChI=1S/C22H22FN3O5S/c1-14(21(27)24-18-10-4-3-9-17(18)23)31-22(28)15-7-6-12-26(13-15)20-16-8-2-5-11-19(16)32(29,30)25-20/h2-5,8-11,14-15H,6-7,12-13H2,1H3,(H,24,27)/t14-,15-/m1/s1. The second kappa shape index (κ2) is 8.70. The van der Waals surface area contributed by atoms with Crippen LogP contribution in [-0.4, -0.2) is 50.2 Å². The van der Waals surface area contributed by atoms with Crippen molar-refractivity contribution in [1.82, 2.24) is 4.90 Å². The second-order valence-corrected chi connectivity index (χ2v) is 9.29. The molecular formula is C22H22FN3O5S. The maximum absolute atomic E-state index is 13.7. The summed E-state index contributed by atoms with van der Waals surface area (Å²) in [5, 5.41) is 2.40. The topological polar surface area (TPSA) is 105 Å². The van der Waals surface area contributed by atoms with Crippen LogP contribution >= 0.6 is 0 Å². The first-order chi connectivity index (χ1) is 15.3. The number of hydrogen-bond donors (Lipinski definition) is 1. The fraction of sp³-hybridized carbons (Fsp3) is 0.318. The molecule has 0 radical (unpaired) electrons. The number of benzene rings is 2. The average molecular weight is 459 g/mol. The van der Waals surface area contributed by atoms with Gasteiger partial charge in [-0.25, -0.2) is 4.39 Å². The van der Waals surface area contributed by atoms with Gasteiger partial charge in [-0.05, 0) is 44.0 Å². The van der Waals surface area contributed by atoms with Crippen LogP contribution in [0.15, 0.2) is 57.8 Å². The van der Waals surface area contributed by atoms with Crippen LogP contribution in [0, 0.1) is 11.7 Å². The molecule has 2 aliphatic heterocycles. The Morgan fingerprint density at radius 3 is 2.69 bits per heavy atom. The van der Waals surface area contributed by atoms with Gasteiger partial charge in [0.15, 0.2) is 11.9 Å². The second-order valence-electron chi connectivity index (χ2n) is 7.72. The normalized spacial score (nSPS) is 20.1. The van der Waals surface area contributed by atoms with Crippen molar-refractivity contribution in [3.8, 4) is 0 Å².